The number of aliphatic hydroxyl groups excluding tert-OH is 4. The van der Waals surface area contributed by atoms with Gasteiger partial charge in [0.2, 0.25) is 0 Å². The average molecular weight is 715 g/mol. The summed E-state index contributed by atoms with van der Waals surface area (Å²) in [5, 5.41) is 43.6. The molecule has 3 aliphatic heterocycles. The van der Waals surface area contributed by atoms with E-state index in [-0.39, 0.29) is 48.7 Å². The predicted molar refractivity (Wildman–Crippen MR) is 196 cm³/mol. The molecule has 4 bridgehead atoms. The molecule has 0 unspecified atom stereocenters. The van der Waals surface area contributed by atoms with Crippen molar-refractivity contribution >= 4 is 17.5 Å². The Bertz CT molecular complexity index is 1330. The SMILES string of the molecule is C=C1/C=C(\C)[C@@H](C)[C@@H](O)CC(=O)[C@@H](C)CC(=O)C[C@H]2CC[C@@H](O2)[C@@H](/C=C/C=C(\C)[C@@H](O)C(=C)CCCC)OC(=O)C[C@@H]2O[C@H](C[C@H]2C)[C@H](O)[C@@H]1O. The maximum Gasteiger partial charge on any atom is 0.309 e. The van der Waals surface area contributed by atoms with Crippen molar-refractivity contribution < 1.29 is 49.0 Å². The van der Waals surface area contributed by atoms with E-state index < -0.39 is 72.7 Å². The highest BCUT2D eigenvalue weighted by molar-refractivity contribution is 5.88. The van der Waals surface area contributed by atoms with Crippen molar-refractivity contribution in [3.8, 4) is 0 Å². The van der Waals surface area contributed by atoms with Crippen LogP contribution in [0.3, 0.4) is 0 Å². The molecule has 51 heavy (non-hydrogen) atoms. The zero-order valence-corrected chi connectivity index (χ0v) is 31.5. The van der Waals surface area contributed by atoms with Gasteiger partial charge in [-0.1, -0.05) is 71.1 Å². The molecule has 0 saturated carbocycles. The van der Waals surface area contributed by atoms with Gasteiger partial charge in [0.1, 0.15) is 29.9 Å². The number of cyclic esters (lactones) is 1. The molecule has 12 atom stereocenters. The van der Waals surface area contributed by atoms with E-state index in [9.17, 15) is 34.8 Å². The van der Waals surface area contributed by atoms with E-state index in [0.717, 1.165) is 24.8 Å². The number of ether oxygens (including phenoxy) is 3. The molecule has 3 aliphatic rings. The molecule has 0 radical (unpaired) electrons. The van der Waals surface area contributed by atoms with Crippen molar-refractivity contribution in [1.82, 2.24) is 0 Å². The number of carbonyl (C=O) groups is 3. The van der Waals surface area contributed by atoms with Crippen molar-refractivity contribution in [2.75, 3.05) is 0 Å². The van der Waals surface area contributed by atoms with Gasteiger partial charge in [0.15, 0.2) is 0 Å². The minimum absolute atomic E-state index is 0.0230. The minimum atomic E-state index is -1.36. The Kier molecular flexibility index (Phi) is 16.7. The standard InChI is InChI=1S/C41H62O10/c1-9-10-12-23(2)39(46)24(3)13-11-14-34-35-16-15-31(49-35)20-30(42)18-26(5)32(43)21-33(44)29(8)25(4)17-28(7)40(47)41(48)37-19-27(6)36(50-37)22-38(45)51-34/h11,13-14,17,26-27,29,31,33-37,39-41,44,46-48H,2,7,9-10,12,15-16,18-22H2,1,3-6,8H3/b14-11+,24-13+,25-17+/t26-,27+,29+,31+,33-,34+,35+,36-,37+,39-,40+,41-/m0/s1. The first-order valence-electron chi connectivity index (χ1n) is 18.7. The molecular weight excluding hydrogens is 652 g/mol. The smallest absolute Gasteiger partial charge is 0.309 e. The van der Waals surface area contributed by atoms with Gasteiger partial charge in [-0.3, -0.25) is 14.4 Å². The van der Waals surface area contributed by atoms with Gasteiger partial charge < -0.3 is 34.6 Å². The lowest BCUT2D eigenvalue weighted by Crippen LogP contribution is -2.38. The summed E-state index contributed by atoms with van der Waals surface area (Å²) in [6.07, 6.45) is 3.42. The Morgan fingerprint density at radius 3 is 2.39 bits per heavy atom. The summed E-state index contributed by atoms with van der Waals surface area (Å²) in [5.74, 6) is -2.02. The van der Waals surface area contributed by atoms with Crippen molar-refractivity contribution in [3.63, 3.8) is 0 Å². The van der Waals surface area contributed by atoms with Crippen LogP contribution in [0.2, 0.25) is 0 Å². The van der Waals surface area contributed by atoms with E-state index in [0.29, 0.717) is 30.4 Å². The molecule has 2 saturated heterocycles. The average Bonchev–Trinajstić information content (AvgIpc) is 3.70. The third-order valence-electron chi connectivity index (χ3n) is 10.8. The Morgan fingerprint density at radius 1 is 1.00 bits per heavy atom. The predicted octanol–water partition coefficient (Wildman–Crippen LogP) is 5.42. The number of hydrogen-bond acceptors (Lipinski definition) is 10. The lowest BCUT2D eigenvalue weighted by molar-refractivity contribution is -0.158. The second-order valence-electron chi connectivity index (χ2n) is 15.2. The largest absolute Gasteiger partial charge is 0.455 e. The van der Waals surface area contributed by atoms with Crippen LogP contribution in [0, 0.1) is 17.8 Å². The van der Waals surface area contributed by atoms with Gasteiger partial charge in [-0.25, -0.2) is 0 Å². The normalized spacial score (nSPS) is 37.3. The van der Waals surface area contributed by atoms with Crippen LogP contribution < -0.4 is 0 Å². The Hall–Kier alpha value is -2.73. The topological polar surface area (TPSA) is 160 Å². The van der Waals surface area contributed by atoms with Gasteiger partial charge in [0, 0.05) is 31.1 Å². The lowest BCUT2D eigenvalue weighted by Gasteiger charge is -2.26. The van der Waals surface area contributed by atoms with E-state index in [2.05, 4.69) is 20.1 Å². The highest BCUT2D eigenvalue weighted by Gasteiger charge is 2.41. The fourth-order valence-electron chi connectivity index (χ4n) is 7.01. The number of esters is 1. The number of hydrogen-bond donors (Lipinski definition) is 4. The molecule has 0 spiro atoms. The fourth-order valence-corrected chi connectivity index (χ4v) is 7.01. The zero-order chi connectivity index (χ0) is 38.0. The van der Waals surface area contributed by atoms with Gasteiger partial charge in [-0.2, -0.15) is 0 Å². The van der Waals surface area contributed by atoms with Gasteiger partial charge >= 0.3 is 5.97 Å². The molecule has 0 amide bonds. The zero-order valence-electron chi connectivity index (χ0n) is 31.5. The van der Waals surface area contributed by atoms with Crippen LogP contribution in [0.15, 0.2) is 59.8 Å². The third kappa shape index (κ3) is 12.4. The highest BCUT2D eigenvalue weighted by atomic mass is 16.6. The second kappa shape index (κ2) is 19.9. The highest BCUT2D eigenvalue weighted by Crippen LogP contribution is 2.34. The number of fused-ring (bicyclic) bond motifs is 4. The molecule has 10 heteroatoms. The number of unbranched alkanes of at least 4 members (excludes halogenated alkanes) is 1. The van der Waals surface area contributed by atoms with Crippen LogP contribution in [-0.2, 0) is 28.6 Å². The summed E-state index contributed by atoms with van der Waals surface area (Å²) in [6.45, 7) is 19.0. The molecule has 0 aromatic carbocycles. The number of allylic oxidation sites excluding steroid dienone is 2. The van der Waals surface area contributed by atoms with Crippen LogP contribution >= 0.6 is 0 Å². The number of carbonyl (C=O) groups excluding carboxylic acids is 3. The fraction of sp³-hybridized carbons (Fsp3) is 0.683. The molecule has 0 aliphatic carbocycles. The van der Waals surface area contributed by atoms with Crippen LogP contribution in [-0.4, -0.2) is 92.9 Å². The van der Waals surface area contributed by atoms with E-state index >= 15 is 0 Å². The van der Waals surface area contributed by atoms with Gasteiger partial charge in [0.25, 0.3) is 0 Å². The maximum absolute atomic E-state index is 13.4. The molecule has 2 fully saturated rings. The van der Waals surface area contributed by atoms with E-state index in [4.69, 9.17) is 14.2 Å². The van der Waals surface area contributed by atoms with Crippen LogP contribution in [0.25, 0.3) is 0 Å². The first-order valence-corrected chi connectivity index (χ1v) is 18.7. The Labute approximate surface area is 304 Å². The second-order valence-corrected chi connectivity index (χ2v) is 15.2. The third-order valence-corrected chi connectivity index (χ3v) is 10.8. The quantitative estimate of drug-likeness (QED) is 0.152. The van der Waals surface area contributed by atoms with Gasteiger partial charge in [-0.15, -0.1) is 0 Å². The summed E-state index contributed by atoms with van der Waals surface area (Å²) < 4.78 is 18.3. The number of Topliss-reactive ketones (excluding diaryl/α,β-unsaturated/α-hetero) is 2. The van der Waals surface area contributed by atoms with E-state index in [1.807, 2.05) is 13.8 Å². The molecule has 4 N–H and O–H groups in total. The molecule has 286 valence electrons. The first kappa shape index (κ1) is 42.7. The van der Waals surface area contributed by atoms with Crippen LogP contribution in [0.4, 0.5) is 0 Å². The molecule has 3 heterocycles. The van der Waals surface area contributed by atoms with Crippen molar-refractivity contribution in [2.45, 2.75) is 161 Å². The molecular formula is C41H62O10. The summed E-state index contributed by atoms with van der Waals surface area (Å²) in [7, 11) is 0. The monoisotopic (exact) mass is 714 g/mol. The summed E-state index contributed by atoms with van der Waals surface area (Å²) in [6, 6.07) is 0. The van der Waals surface area contributed by atoms with Gasteiger partial charge in [0.05, 0.1) is 43.0 Å². The summed E-state index contributed by atoms with van der Waals surface area (Å²) in [5.41, 5.74) is 2.34. The van der Waals surface area contributed by atoms with E-state index in [1.165, 1.54) is 0 Å². The number of aliphatic hydroxyl groups is 4. The molecule has 0 aromatic heterocycles. The van der Waals surface area contributed by atoms with Crippen molar-refractivity contribution in [3.05, 3.63) is 59.8 Å². The van der Waals surface area contributed by atoms with E-state index in [1.54, 1.807) is 45.1 Å². The Morgan fingerprint density at radius 2 is 1.71 bits per heavy atom. The maximum atomic E-state index is 13.4. The number of rotatable bonds is 7. The summed E-state index contributed by atoms with van der Waals surface area (Å²) >= 11 is 0. The number of ketones is 2. The Balaban J connectivity index is 1.85. The molecule has 0 aromatic rings. The van der Waals surface area contributed by atoms with Gasteiger partial charge in [-0.05, 0) is 74.7 Å². The van der Waals surface area contributed by atoms with Crippen LogP contribution in [0.1, 0.15) is 106 Å². The van der Waals surface area contributed by atoms with Crippen molar-refractivity contribution in [1.29, 1.82) is 0 Å². The van der Waals surface area contributed by atoms with Crippen LogP contribution in [0.5, 0.6) is 0 Å². The molecule has 10 nitrogen and oxygen atoms in total. The minimum Gasteiger partial charge on any atom is -0.455 e. The first-order chi connectivity index (χ1) is 24.0. The molecule has 3 rings (SSSR count). The van der Waals surface area contributed by atoms with Crippen molar-refractivity contribution in [2.24, 2.45) is 17.8 Å². The lowest BCUT2D eigenvalue weighted by atomic mass is 9.87. The summed E-state index contributed by atoms with van der Waals surface area (Å²) in [4.78, 5) is 39.5.